The molecule has 2 atom stereocenters. The van der Waals surface area contributed by atoms with Crippen LogP contribution in [-0.2, 0) is 14.3 Å². The third-order valence-electron chi connectivity index (χ3n) is 18.6. The molecule has 0 radical (unpaired) electrons. The number of unbranched alkanes of at least 4 members (excludes halogenated alkanes) is 58. The van der Waals surface area contributed by atoms with Gasteiger partial charge in [0, 0.05) is 12.8 Å². The second kappa shape index (κ2) is 77.3. The normalized spacial score (nSPS) is 12.7. The van der Waals surface area contributed by atoms with Crippen LogP contribution in [0.15, 0.2) is 48.6 Å². The third-order valence-corrected chi connectivity index (χ3v) is 18.6. The summed E-state index contributed by atoms with van der Waals surface area (Å²) in [4.78, 5) is 24.7. The summed E-state index contributed by atoms with van der Waals surface area (Å²) in [7, 11) is 0. The maximum Gasteiger partial charge on any atom is 0.305 e. The molecule has 0 aromatic carbocycles. The first-order valence-corrected chi connectivity index (χ1v) is 39.9. The molecule has 0 fully saturated rings. The minimum atomic E-state index is -0.848. The molecule has 0 bridgehead atoms. The largest absolute Gasteiger partial charge is 0.466 e. The number of ether oxygens (including phenoxy) is 1. The lowest BCUT2D eigenvalue weighted by atomic mass is 10.0. The van der Waals surface area contributed by atoms with Gasteiger partial charge in [0.1, 0.15) is 0 Å². The molecule has 0 aliphatic heterocycles. The Hall–Kier alpha value is -2.18. The van der Waals surface area contributed by atoms with Crippen molar-refractivity contribution >= 4 is 11.9 Å². The summed E-state index contributed by atoms with van der Waals surface area (Å²) in [6, 6.07) is -0.631. The molecule has 0 rings (SSSR count). The molecule has 0 aromatic rings. The second-order valence-electron chi connectivity index (χ2n) is 27.4. The van der Waals surface area contributed by atoms with Crippen molar-refractivity contribution < 1.29 is 24.5 Å². The highest BCUT2D eigenvalue weighted by atomic mass is 16.5. The first-order chi connectivity index (χ1) is 43.5. The smallest absolute Gasteiger partial charge is 0.305 e. The van der Waals surface area contributed by atoms with Crippen LogP contribution < -0.4 is 5.32 Å². The Morgan fingerprint density at radius 3 is 0.875 bits per heavy atom. The van der Waals surface area contributed by atoms with Gasteiger partial charge in [0.2, 0.25) is 5.91 Å². The van der Waals surface area contributed by atoms with Gasteiger partial charge >= 0.3 is 5.97 Å². The third kappa shape index (κ3) is 72.9. The number of nitrogens with one attached hydrogen (secondary N) is 1. The van der Waals surface area contributed by atoms with E-state index >= 15 is 0 Å². The summed E-state index contributed by atoms with van der Waals surface area (Å²) >= 11 is 0. The fourth-order valence-electron chi connectivity index (χ4n) is 12.5. The van der Waals surface area contributed by atoms with Crippen molar-refractivity contribution in [2.75, 3.05) is 13.2 Å². The average Bonchev–Trinajstić information content (AvgIpc) is 3.58. The summed E-state index contributed by atoms with van der Waals surface area (Å²) in [5, 5.41) is 23.3. The number of hydrogen-bond donors (Lipinski definition) is 3. The zero-order chi connectivity index (χ0) is 63.5. The highest BCUT2D eigenvalue weighted by Gasteiger charge is 2.18. The van der Waals surface area contributed by atoms with Gasteiger partial charge in [0.15, 0.2) is 0 Å². The van der Waals surface area contributed by atoms with Crippen LogP contribution in [0.3, 0.4) is 0 Å². The monoisotopic (exact) mass is 1230 g/mol. The van der Waals surface area contributed by atoms with E-state index in [1.165, 1.54) is 360 Å². The minimum Gasteiger partial charge on any atom is -0.466 e. The molecular formula is C82H155NO5. The number of amides is 1. The summed E-state index contributed by atoms with van der Waals surface area (Å²) in [6.07, 6.45) is 102. The zero-order valence-corrected chi connectivity index (χ0v) is 59.5. The average molecular weight is 1240 g/mol. The SMILES string of the molecule is CCCCCCCCC/C=C\CCCCCCCCCC(=O)OCCCCCCCCCCC/C=C\C/C=C\CCCCCCCCCCCCCCCC(=O)NC(CO)C(O)/C=C/CCCCCCCCCCCCCCCCCCCCCCCC. The standard InChI is InChI=1S/C82H155NO5/c1-3-5-7-9-11-13-15-17-19-21-23-24-25-33-36-39-42-46-50-54-58-62-66-70-74-80(85)79(78-84)83-81(86)75-71-67-63-59-55-51-47-43-40-37-34-31-29-27-26-28-30-32-35-38-41-45-49-53-57-61-65-69-73-77-88-82(87)76-72-68-64-60-56-52-48-44-22-20-18-16-14-12-10-8-6-4-2/h20,22,26,28,32,35,70,74,79-80,84-85H,3-19,21,23-25,27,29-31,33-34,36-69,71-73,75-78H2,1-2H3,(H,83,86)/b22-20-,28-26-,35-32-,74-70+. The number of rotatable bonds is 75. The van der Waals surface area contributed by atoms with Crippen LogP contribution in [-0.4, -0.2) is 47.4 Å². The minimum absolute atomic E-state index is 0.00941. The van der Waals surface area contributed by atoms with E-state index in [9.17, 15) is 19.8 Å². The van der Waals surface area contributed by atoms with Crippen LogP contribution in [0.4, 0.5) is 0 Å². The van der Waals surface area contributed by atoms with Gasteiger partial charge in [0.25, 0.3) is 0 Å². The maximum atomic E-state index is 12.6. The summed E-state index contributed by atoms with van der Waals surface area (Å²) in [5.74, 6) is -0.0552. The van der Waals surface area contributed by atoms with E-state index < -0.39 is 12.1 Å². The van der Waals surface area contributed by atoms with Crippen molar-refractivity contribution in [3.05, 3.63) is 48.6 Å². The van der Waals surface area contributed by atoms with Crippen LogP contribution >= 0.6 is 0 Å². The van der Waals surface area contributed by atoms with Crippen LogP contribution in [0.25, 0.3) is 0 Å². The maximum absolute atomic E-state index is 12.6. The Morgan fingerprint density at radius 1 is 0.318 bits per heavy atom. The molecule has 0 aromatic heterocycles. The Bertz CT molecular complexity index is 1470. The van der Waals surface area contributed by atoms with Crippen molar-refractivity contribution in [1.29, 1.82) is 0 Å². The molecular weight excluding hydrogens is 1080 g/mol. The Kier molecular flexibility index (Phi) is 75.4. The molecule has 6 nitrogen and oxygen atoms in total. The van der Waals surface area contributed by atoms with Crippen molar-refractivity contribution in [3.8, 4) is 0 Å². The molecule has 1 amide bonds. The number of hydrogen-bond acceptors (Lipinski definition) is 5. The molecule has 0 aliphatic carbocycles. The molecule has 2 unspecified atom stereocenters. The van der Waals surface area contributed by atoms with E-state index in [0.29, 0.717) is 19.4 Å². The van der Waals surface area contributed by atoms with Gasteiger partial charge in [0.05, 0.1) is 25.4 Å². The van der Waals surface area contributed by atoms with Gasteiger partial charge in [-0.05, 0) is 89.9 Å². The molecule has 518 valence electrons. The van der Waals surface area contributed by atoms with Gasteiger partial charge in [-0.3, -0.25) is 9.59 Å². The summed E-state index contributed by atoms with van der Waals surface area (Å²) in [5.41, 5.74) is 0. The van der Waals surface area contributed by atoms with Crippen LogP contribution in [0.5, 0.6) is 0 Å². The Labute approximate surface area is 550 Å². The fraction of sp³-hybridized carbons (Fsp3) is 0.878. The second-order valence-corrected chi connectivity index (χ2v) is 27.4. The lowest BCUT2D eigenvalue weighted by Crippen LogP contribution is -2.45. The van der Waals surface area contributed by atoms with E-state index in [1.54, 1.807) is 6.08 Å². The van der Waals surface area contributed by atoms with Gasteiger partial charge in [-0.15, -0.1) is 0 Å². The van der Waals surface area contributed by atoms with Crippen molar-refractivity contribution in [2.24, 2.45) is 0 Å². The zero-order valence-electron chi connectivity index (χ0n) is 59.5. The van der Waals surface area contributed by atoms with E-state index in [-0.39, 0.29) is 18.5 Å². The molecule has 0 saturated heterocycles. The van der Waals surface area contributed by atoms with Crippen molar-refractivity contribution in [2.45, 2.75) is 450 Å². The molecule has 0 aliphatic rings. The fourth-order valence-corrected chi connectivity index (χ4v) is 12.5. The molecule has 0 saturated carbocycles. The Morgan fingerprint density at radius 2 is 0.568 bits per heavy atom. The highest BCUT2D eigenvalue weighted by Crippen LogP contribution is 2.19. The van der Waals surface area contributed by atoms with E-state index in [0.717, 1.165) is 51.4 Å². The van der Waals surface area contributed by atoms with Crippen LogP contribution in [0.2, 0.25) is 0 Å². The van der Waals surface area contributed by atoms with E-state index in [2.05, 4.69) is 55.6 Å². The van der Waals surface area contributed by atoms with E-state index in [4.69, 9.17) is 4.74 Å². The predicted octanol–water partition coefficient (Wildman–Crippen LogP) is 26.4. The van der Waals surface area contributed by atoms with Crippen LogP contribution in [0.1, 0.15) is 438 Å². The number of carbonyl (C=O) groups excluding carboxylic acids is 2. The molecule has 0 heterocycles. The number of carbonyl (C=O) groups is 2. The van der Waals surface area contributed by atoms with Gasteiger partial charge in [-0.25, -0.2) is 0 Å². The molecule has 6 heteroatoms. The molecule has 88 heavy (non-hydrogen) atoms. The Balaban J connectivity index is 3.42. The number of aliphatic hydroxyl groups excluding tert-OH is 2. The quantitative estimate of drug-likeness (QED) is 0.0320. The van der Waals surface area contributed by atoms with Gasteiger partial charge < -0.3 is 20.3 Å². The van der Waals surface area contributed by atoms with Crippen molar-refractivity contribution in [3.63, 3.8) is 0 Å². The number of aliphatic hydroxyl groups is 2. The molecule has 3 N–H and O–H groups in total. The summed E-state index contributed by atoms with van der Waals surface area (Å²) in [6.45, 7) is 4.94. The predicted molar refractivity (Wildman–Crippen MR) is 389 cm³/mol. The van der Waals surface area contributed by atoms with E-state index in [1.807, 2.05) is 6.08 Å². The highest BCUT2D eigenvalue weighted by molar-refractivity contribution is 5.76. The van der Waals surface area contributed by atoms with Crippen molar-refractivity contribution in [1.82, 2.24) is 5.32 Å². The lowest BCUT2D eigenvalue weighted by molar-refractivity contribution is -0.143. The summed E-state index contributed by atoms with van der Waals surface area (Å²) < 4.78 is 5.50. The number of esters is 1. The van der Waals surface area contributed by atoms with Gasteiger partial charge in [-0.1, -0.05) is 383 Å². The molecule has 0 spiro atoms. The first kappa shape index (κ1) is 85.8. The first-order valence-electron chi connectivity index (χ1n) is 39.9. The van der Waals surface area contributed by atoms with Crippen LogP contribution in [0, 0.1) is 0 Å². The lowest BCUT2D eigenvalue weighted by Gasteiger charge is -2.20. The topological polar surface area (TPSA) is 95.9 Å². The number of allylic oxidation sites excluding steroid dienone is 7. The van der Waals surface area contributed by atoms with Gasteiger partial charge in [-0.2, -0.15) is 0 Å².